The third-order valence-electron chi connectivity index (χ3n) is 2.79. The fourth-order valence-electron chi connectivity index (χ4n) is 1.88. The zero-order chi connectivity index (χ0) is 15.4. The Morgan fingerprint density at radius 2 is 2.09 bits per heavy atom. The SMILES string of the molecule is CCOC(=O)Nc1nc2cc(Oc3ccccc3)cnc2[nH]1. The number of ether oxygens (including phenoxy) is 2. The predicted octanol–water partition coefficient (Wildman–Crippen LogP) is 3.32. The number of para-hydroxylation sites is 1. The van der Waals surface area contributed by atoms with Crippen molar-refractivity contribution >= 4 is 23.2 Å². The number of hydrogen-bond donors (Lipinski definition) is 2. The summed E-state index contributed by atoms with van der Waals surface area (Å²) in [5.74, 6) is 1.55. The van der Waals surface area contributed by atoms with E-state index in [0.29, 0.717) is 29.3 Å². The minimum Gasteiger partial charge on any atom is -0.456 e. The van der Waals surface area contributed by atoms with Crippen molar-refractivity contribution in [1.82, 2.24) is 15.0 Å². The molecule has 112 valence electrons. The van der Waals surface area contributed by atoms with Gasteiger partial charge in [-0.05, 0) is 19.1 Å². The van der Waals surface area contributed by atoms with E-state index >= 15 is 0 Å². The monoisotopic (exact) mass is 298 g/mol. The first-order valence-corrected chi connectivity index (χ1v) is 6.77. The number of nitrogens with zero attached hydrogens (tertiary/aromatic N) is 2. The van der Waals surface area contributed by atoms with Gasteiger partial charge in [-0.3, -0.25) is 5.32 Å². The van der Waals surface area contributed by atoms with Crippen LogP contribution in [0.3, 0.4) is 0 Å². The third kappa shape index (κ3) is 3.14. The second-order valence-corrected chi connectivity index (χ2v) is 4.38. The summed E-state index contributed by atoms with van der Waals surface area (Å²) in [6, 6.07) is 11.1. The van der Waals surface area contributed by atoms with Gasteiger partial charge in [0, 0.05) is 6.07 Å². The van der Waals surface area contributed by atoms with E-state index in [1.807, 2.05) is 30.3 Å². The minimum atomic E-state index is -0.567. The number of carbonyl (C=O) groups excluding carboxylic acids is 1. The fourth-order valence-corrected chi connectivity index (χ4v) is 1.88. The zero-order valence-corrected chi connectivity index (χ0v) is 11.9. The summed E-state index contributed by atoms with van der Waals surface area (Å²) >= 11 is 0. The standard InChI is InChI=1S/C15H14N4O3/c1-2-21-15(20)19-14-17-12-8-11(9-16-13(12)18-14)22-10-6-4-3-5-7-10/h3-9H,2H2,1H3,(H2,16,17,18,19,20). The molecule has 0 aliphatic rings. The number of anilines is 1. The first kappa shape index (κ1) is 13.9. The van der Waals surface area contributed by atoms with Gasteiger partial charge in [0.15, 0.2) is 5.65 Å². The summed E-state index contributed by atoms with van der Waals surface area (Å²) in [4.78, 5) is 22.7. The number of amides is 1. The van der Waals surface area contributed by atoms with Crippen molar-refractivity contribution in [3.8, 4) is 11.5 Å². The van der Waals surface area contributed by atoms with Gasteiger partial charge >= 0.3 is 6.09 Å². The predicted molar refractivity (Wildman–Crippen MR) is 81.0 cm³/mol. The number of rotatable bonds is 4. The Morgan fingerprint density at radius 3 is 2.86 bits per heavy atom. The molecule has 3 rings (SSSR count). The summed E-state index contributed by atoms with van der Waals surface area (Å²) in [5.41, 5.74) is 1.13. The number of H-pyrrole nitrogens is 1. The lowest BCUT2D eigenvalue weighted by atomic mass is 10.3. The largest absolute Gasteiger partial charge is 0.456 e. The van der Waals surface area contributed by atoms with Crippen LogP contribution in [0.2, 0.25) is 0 Å². The lowest BCUT2D eigenvalue weighted by Crippen LogP contribution is -2.14. The molecule has 0 unspecified atom stereocenters. The molecule has 0 saturated heterocycles. The average molecular weight is 298 g/mol. The van der Waals surface area contributed by atoms with Gasteiger partial charge in [0.05, 0.1) is 12.8 Å². The van der Waals surface area contributed by atoms with Crippen molar-refractivity contribution in [2.45, 2.75) is 6.92 Å². The van der Waals surface area contributed by atoms with E-state index < -0.39 is 6.09 Å². The van der Waals surface area contributed by atoms with Crippen LogP contribution in [0.15, 0.2) is 42.6 Å². The number of benzene rings is 1. The molecule has 0 radical (unpaired) electrons. The molecule has 7 nitrogen and oxygen atoms in total. The number of fused-ring (bicyclic) bond motifs is 1. The lowest BCUT2D eigenvalue weighted by molar-refractivity contribution is 0.167. The van der Waals surface area contributed by atoms with Crippen LogP contribution in [-0.2, 0) is 4.74 Å². The highest BCUT2D eigenvalue weighted by Crippen LogP contribution is 2.23. The number of carbonyl (C=O) groups is 1. The van der Waals surface area contributed by atoms with Gasteiger partial charge < -0.3 is 14.5 Å². The second-order valence-electron chi connectivity index (χ2n) is 4.38. The van der Waals surface area contributed by atoms with Gasteiger partial charge in [0.1, 0.15) is 17.0 Å². The normalized spacial score (nSPS) is 10.4. The number of nitrogens with one attached hydrogen (secondary N) is 2. The number of aromatic amines is 1. The highest BCUT2D eigenvalue weighted by Gasteiger charge is 2.09. The van der Waals surface area contributed by atoms with E-state index in [2.05, 4.69) is 20.3 Å². The summed E-state index contributed by atoms with van der Waals surface area (Å²) < 4.78 is 10.5. The van der Waals surface area contributed by atoms with Gasteiger partial charge in [-0.1, -0.05) is 18.2 Å². The van der Waals surface area contributed by atoms with E-state index in [1.165, 1.54) is 0 Å². The molecule has 0 aliphatic heterocycles. The Bertz CT molecular complexity index is 786. The smallest absolute Gasteiger partial charge is 0.413 e. The number of aromatic nitrogens is 3. The molecule has 2 heterocycles. The Hall–Kier alpha value is -3.09. The minimum absolute atomic E-state index is 0.276. The number of pyridine rings is 1. The van der Waals surface area contributed by atoms with Crippen LogP contribution >= 0.6 is 0 Å². The molecule has 3 aromatic rings. The molecule has 2 N–H and O–H groups in total. The molecule has 0 atom stereocenters. The van der Waals surface area contributed by atoms with Gasteiger partial charge in [-0.25, -0.2) is 14.8 Å². The molecule has 0 spiro atoms. The van der Waals surface area contributed by atoms with Crippen molar-refractivity contribution in [3.05, 3.63) is 42.6 Å². The molecule has 0 saturated carbocycles. The quantitative estimate of drug-likeness (QED) is 0.771. The van der Waals surface area contributed by atoms with E-state index in [-0.39, 0.29) is 5.95 Å². The van der Waals surface area contributed by atoms with Crippen LogP contribution in [0.1, 0.15) is 6.92 Å². The molecular weight excluding hydrogens is 284 g/mol. The molecular formula is C15H14N4O3. The summed E-state index contributed by atoms with van der Waals surface area (Å²) in [7, 11) is 0. The van der Waals surface area contributed by atoms with Crippen LogP contribution in [0.25, 0.3) is 11.2 Å². The van der Waals surface area contributed by atoms with E-state index in [4.69, 9.17) is 9.47 Å². The van der Waals surface area contributed by atoms with Crippen molar-refractivity contribution in [2.24, 2.45) is 0 Å². The molecule has 0 fully saturated rings. The Morgan fingerprint density at radius 1 is 1.27 bits per heavy atom. The van der Waals surface area contributed by atoms with E-state index in [1.54, 1.807) is 19.2 Å². The summed E-state index contributed by atoms with van der Waals surface area (Å²) in [6.45, 7) is 2.02. The molecule has 1 amide bonds. The molecule has 7 heteroatoms. The van der Waals surface area contributed by atoms with Crippen molar-refractivity contribution in [3.63, 3.8) is 0 Å². The van der Waals surface area contributed by atoms with Gasteiger partial charge in [0.2, 0.25) is 5.95 Å². The number of hydrogen-bond acceptors (Lipinski definition) is 5. The Labute approximate surface area is 126 Å². The Balaban J connectivity index is 1.79. The van der Waals surface area contributed by atoms with Crippen LogP contribution < -0.4 is 10.1 Å². The summed E-state index contributed by atoms with van der Waals surface area (Å²) in [6.07, 6.45) is 1.02. The number of imidazole rings is 1. The highest BCUT2D eigenvalue weighted by atomic mass is 16.5. The van der Waals surface area contributed by atoms with Crippen molar-refractivity contribution < 1.29 is 14.3 Å². The molecule has 0 bridgehead atoms. The maximum absolute atomic E-state index is 11.4. The van der Waals surface area contributed by atoms with Gasteiger partial charge in [-0.2, -0.15) is 0 Å². The molecule has 22 heavy (non-hydrogen) atoms. The van der Waals surface area contributed by atoms with Crippen molar-refractivity contribution in [1.29, 1.82) is 0 Å². The maximum atomic E-state index is 11.4. The molecule has 0 aliphatic carbocycles. The Kier molecular flexibility index (Phi) is 3.86. The highest BCUT2D eigenvalue weighted by molar-refractivity contribution is 5.85. The van der Waals surface area contributed by atoms with Gasteiger partial charge in [0.25, 0.3) is 0 Å². The van der Waals surface area contributed by atoms with E-state index in [0.717, 1.165) is 0 Å². The second kappa shape index (κ2) is 6.13. The fraction of sp³-hybridized carbons (Fsp3) is 0.133. The van der Waals surface area contributed by atoms with E-state index in [9.17, 15) is 4.79 Å². The average Bonchev–Trinajstić information content (AvgIpc) is 2.90. The first-order chi connectivity index (χ1) is 10.7. The zero-order valence-electron chi connectivity index (χ0n) is 11.9. The van der Waals surface area contributed by atoms with Crippen LogP contribution in [0.5, 0.6) is 11.5 Å². The third-order valence-corrected chi connectivity index (χ3v) is 2.79. The van der Waals surface area contributed by atoms with Crippen LogP contribution in [0.4, 0.5) is 10.7 Å². The molecule has 2 aromatic heterocycles. The summed E-state index contributed by atoms with van der Waals surface area (Å²) in [5, 5.41) is 2.49. The molecule has 1 aromatic carbocycles. The lowest BCUT2D eigenvalue weighted by Gasteiger charge is -2.03. The van der Waals surface area contributed by atoms with Gasteiger partial charge in [-0.15, -0.1) is 0 Å². The van der Waals surface area contributed by atoms with Crippen LogP contribution in [-0.4, -0.2) is 27.7 Å². The van der Waals surface area contributed by atoms with Crippen LogP contribution in [0, 0.1) is 0 Å². The topological polar surface area (TPSA) is 89.1 Å². The maximum Gasteiger partial charge on any atom is 0.413 e. The first-order valence-electron chi connectivity index (χ1n) is 6.77. The van der Waals surface area contributed by atoms with Crippen molar-refractivity contribution in [2.75, 3.05) is 11.9 Å².